The number of hydrogen-bond donors (Lipinski definition) is 1. The molecule has 1 saturated heterocycles. The second kappa shape index (κ2) is 8.71. The molecule has 0 saturated carbocycles. The minimum Gasteiger partial charge on any atom is -0.455 e. The molecule has 1 aromatic carbocycles. The molecule has 1 N–H and O–H groups in total. The van der Waals surface area contributed by atoms with Gasteiger partial charge in [-0.25, -0.2) is 0 Å². The fourth-order valence-corrected chi connectivity index (χ4v) is 3.28. The maximum atomic E-state index is 12.9. The number of aliphatic hydroxyl groups excluding tert-OH is 1. The molecule has 9 nitrogen and oxygen atoms in total. The van der Waals surface area contributed by atoms with Crippen LogP contribution in [0.4, 0.5) is 0 Å². The van der Waals surface area contributed by atoms with Crippen LogP contribution in [0, 0.1) is 6.92 Å². The molecular formula is C20H24O9. The van der Waals surface area contributed by atoms with E-state index in [1.165, 1.54) is 13.0 Å². The molecule has 1 fully saturated rings. The maximum absolute atomic E-state index is 12.9. The molecule has 0 aromatic heterocycles. The van der Waals surface area contributed by atoms with E-state index in [1.807, 2.05) is 0 Å². The third-order valence-electron chi connectivity index (χ3n) is 4.53. The van der Waals surface area contributed by atoms with E-state index in [0.29, 0.717) is 5.56 Å². The van der Waals surface area contributed by atoms with Crippen molar-refractivity contribution in [2.24, 2.45) is 0 Å². The van der Waals surface area contributed by atoms with Gasteiger partial charge in [0, 0.05) is 26.3 Å². The fraction of sp³-hybridized carbons (Fsp3) is 0.500. The van der Waals surface area contributed by atoms with Crippen molar-refractivity contribution < 1.29 is 43.2 Å². The van der Waals surface area contributed by atoms with Crippen molar-refractivity contribution in [1.29, 1.82) is 0 Å². The Bertz CT molecular complexity index is 818. The van der Waals surface area contributed by atoms with E-state index in [1.54, 1.807) is 25.1 Å². The van der Waals surface area contributed by atoms with Gasteiger partial charge in [-0.2, -0.15) is 0 Å². The molecule has 0 aliphatic carbocycles. The Morgan fingerprint density at radius 2 is 1.62 bits per heavy atom. The number of aryl methyl sites for hydroxylation is 1. The van der Waals surface area contributed by atoms with Gasteiger partial charge in [-0.05, 0) is 19.4 Å². The highest BCUT2D eigenvalue weighted by Crippen LogP contribution is 2.39. The Morgan fingerprint density at radius 3 is 2.14 bits per heavy atom. The summed E-state index contributed by atoms with van der Waals surface area (Å²) in [5.41, 5.74) is -0.908. The van der Waals surface area contributed by atoms with Crippen molar-refractivity contribution in [1.82, 2.24) is 0 Å². The topological polar surface area (TPSA) is 125 Å². The lowest BCUT2D eigenvalue weighted by Gasteiger charge is -2.33. The predicted octanol–water partition coefficient (Wildman–Crippen LogP) is 1.08. The van der Waals surface area contributed by atoms with Gasteiger partial charge in [-0.3, -0.25) is 19.2 Å². The van der Waals surface area contributed by atoms with Crippen LogP contribution in [-0.4, -0.2) is 59.0 Å². The van der Waals surface area contributed by atoms with Crippen molar-refractivity contribution >= 4 is 23.7 Å². The summed E-state index contributed by atoms with van der Waals surface area (Å²) in [5, 5.41) is 10.8. The summed E-state index contributed by atoms with van der Waals surface area (Å²) in [4.78, 5) is 47.7. The lowest BCUT2D eigenvalue weighted by Crippen LogP contribution is -2.54. The molecule has 0 spiro atoms. The first kappa shape index (κ1) is 22.5. The Kier molecular flexibility index (Phi) is 6.76. The molecule has 1 aromatic rings. The second-order valence-corrected chi connectivity index (χ2v) is 6.97. The second-order valence-electron chi connectivity index (χ2n) is 6.97. The molecule has 1 aliphatic rings. The van der Waals surface area contributed by atoms with Crippen molar-refractivity contribution in [2.45, 2.75) is 64.8 Å². The van der Waals surface area contributed by atoms with Crippen LogP contribution in [0.15, 0.2) is 24.3 Å². The molecule has 1 aliphatic heterocycles. The summed E-state index contributed by atoms with van der Waals surface area (Å²) in [6.07, 6.45) is -6.13. The van der Waals surface area contributed by atoms with Gasteiger partial charge in [-0.15, -0.1) is 0 Å². The first-order valence-electron chi connectivity index (χ1n) is 8.94. The number of hydrogen-bond acceptors (Lipinski definition) is 9. The van der Waals surface area contributed by atoms with E-state index in [2.05, 4.69) is 0 Å². The number of carbonyl (C=O) groups excluding carboxylic acids is 4. The van der Waals surface area contributed by atoms with Crippen molar-refractivity contribution in [2.75, 3.05) is 0 Å². The van der Waals surface area contributed by atoms with Gasteiger partial charge in [0.1, 0.15) is 12.2 Å². The molecule has 0 amide bonds. The summed E-state index contributed by atoms with van der Waals surface area (Å²) < 4.78 is 21.2. The molecule has 0 radical (unpaired) electrons. The molecule has 158 valence electrons. The molecule has 0 bridgehead atoms. The van der Waals surface area contributed by atoms with Gasteiger partial charge in [0.2, 0.25) is 11.9 Å². The predicted molar refractivity (Wildman–Crippen MR) is 97.7 cm³/mol. The minimum atomic E-state index is -1.78. The minimum absolute atomic E-state index is 0.246. The number of ether oxygens (including phenoxy) is 4. The fourth-order valence-electron chi connectivity index (χ4n) is 3.28. The Morgan fingerprint density at radius 1 is 1.03 bits per heavy atom. The largest absolute Gasteiger partial charge is 0.455 e. The first-order chi connectivity index (χ1) is 13.5. The number of benzene rings is 1. The summed E-state index contributed by atoms with van der Waals surface area (Å²) in [5.74, 6) is -2.96. The van der Waals surface area contributed by atoms with E-state index in [4.69, 9.17) is 18.9 Å². The molecule has 2 rings (SSSR count). The van der Waals surface area contributed by atoms with E-state index in [9.17, 15) is 24.3 Å². The summed E-state index contributed by atoms with van der Waals surface area (Å²) in [6, 6.07) is 6.60. The summed E-state index contributed by atoms with van der Waals surface area (Å²) in [7, 11) is 0. The Balaban J connectivity index is 2.45. The van der Waals surface area contributed by atoms with E-state index in [0.717, 1.165) is 20.8 Å². The SMILES string of the molecule is CC(=O)O[C@@H]1O[C@H](C(O)C(=O)c2ccccc2C)[C@@H](OC(C)=O)[C@@]1(C)OC(C)=O. The number of rotatable bonds is 6. The number of aliphatic hydroxyl groups is 1. The quantitative estimate of drug-likeness (QED) is 0.418. The molecule has 1 heterocycles. The molecule has 9 heteroatoms. The first-order valence-corrected chi connectivity index (χ1v) is 8.94. The van der Waals surface area contributed by atoms with Gasteiger partial charge >= 0.3 is 17.9 Å². The van der Waals surface area contributed by atoms with Crippen LogP contribution in [0.1, 0.15) is 43.6 Å². The standard InChI is InChI=1S/C20H24O9/c1-10-8-6-7-9-14(10)15(24)16(25)17-18(26-11(2)21)20(5,29-13(4)23)19(28-17)27-12(3)22/h6-9,16-19,25H,1-5H3/t16?,17-,18-,19-,20-/m1/s1. The summed E-state index contributed by atoms with van der Waals surface area (Å²) >= 11 is 0. The van der Waals surface area contributed by atoms with Crippen molar-refractivity contribution in [3.05, 3.63) is 35.4 Å². The van der Waals surface area contributed by atoms with Crippen LogP contribution in [0.2, 0.25) is 0 Å². The third-order valence-corrected chi connectivity index (χ3v) is 4.53. The van der Waals surface area contributed by atoms with Gasteiger partial charge in [-0.1, -0.05) is 24.3 Å². The van der Waals surface area contributed by atoms with Gasteiger partial charge < -0.3 is 24.1 Å². The monoisotopic (exact) mass is 408 g/mol. The molecule has 5 atom stereocenters. The van der Waals surface area contributed by atoms with Crippen LogP contribution < -0.4 is 0 Å². The highest BCUT2D eigenvalue weighted by molar-refractivity contribution is 6.01. The van der Waals surface area contributed by atoms with E-state index in [-0.39, 0.29) is 5.56 Å². The normalized spacial score (nSPS) is 27.0. The van der Waals surface area contributed by atoms with Gasteiger partial charge in [0.25, 0.3) is 0 Å². The molecular weight excluding hydrogens is 384 g/mol. The maximum Gasteiger partial charge on any atom is 0.305 e. The smallest absolute Gasteiger partial charge is 0.305 e. The van der Waals surface area contributed by atoms with E-state index < -0.39 is 53.9 Å². The van der Waals surface area contributed by atoms with Crippen molar-refractivity contribution in [3.8, 4) is 0 Å². The van der Waals surface area contributed by atoms with Gasteiger partial charge in [0.15, 0.2) is 11.9 Å². The number of Topliss-reactive ketones (excluding diaryl/α,β-unsaturated/α-hetero) is 1. The zero-order chi connectivity index (χ0) is 21.9. The average molecular weight is 408 g/mol. The van der Waals surface area contributed by atoms with Crippen LogP contribution in [0.25, 0.3) is 0 Å². The van der Waals surface area contributed by atoms with Crippen LogP contribution in [0.3, 0.4) is 0 Å². The number of esters is 3. The molecule has 29 heavy (non-hydrogen) atoms. The number of ketones is 1. The lowest BCUT2D eigenvalue weighted by molar-refractivity contribution is -0.220. The van der Waals surface area contributed by atoms with E-state index >= 15 is 0 Å². The summed E-state index contributed by atoms with van der Waals surface area (Å²) in [6.45, 7) is 6.37. The van der Waals surface area contributed by atoms with Crippen LogP contribution >= 0.6 is 0 Å². The zero-order valence-electron chi connectivity index (χ0n) is 16.8. The third kappa shape index (κ3) is 4.80. The highest BCUT2D eigenvalue weighted by atomic mass is 16.8. The highest BCUT2D eigenvalue weighted by Gasteiger charge is 2.63. The Labute approximate surface area is 167 Å². The van der Waals surface area contributed by atoms with Crippen LogP contribution in [-0.2, 0) is 33.3 Å². The zero-order valence-corrected chi connectivity index (χ0v) is 16.8. The lowest BCUT2D eigenvalue weighted by atomic mass is 9.90. The Hall–Kier alpha value is -2.78. The average Bonchev–Trinajstić information content (AvgIpc) is 2.85. The number of carbonyl (C=O) groups is 4. The van der Waals surface area contributed by atoms with Crippen molar-refractivity contribution in [3.63, 3.8) is 0 Å². The molecule has 1 unspecified atom stereocenters. The van der Waals surface area contributed by atoms with Gasteiger partial charge in [0.05, 0.1) is 0 Å². The van der Waals surface area contributed by atoms with Crippen LogP contribution in [0.5, 0.6) is 0 Å².